The number of amides is 2. The van der Waals surface area contributed by atoms with Crippen LogP contribution in [0.15, 0.2) is 109 Å². The number of rotatable bonds is 8. The lowest BCUT2D eigenvalue weighted by Gasteiger charge is -2.28. The van der Waals surface area contributed by atoms with Crippen molar-refractivity contribution in [3.63, 3.8) is 0 Å². The van der Waals surface area contributed by atoms with Gasteiger partial charge in [-0.25, -0.2) is 22.8 Å². The maximum Gasteiger partial charge on any atom is 0.410 e. The fourth-order valence-corrected chi connectivity index (χ4v) is 8.69. The molecule has 1 heterocycles. The summed E-state index contributed by atoms with van der Waals surface area (Å²) < 4.78 is 40.5. The van der Waals surface area contributed by atoms with Crippen LogP contribution in [0.25, 0.3) is 11.1 Å². The molecule has 15 heteroatoms. The Balaban J connectivity index is 1.33. The van der Waals surface area contributed by atoms with Gasteiger partial charge in [-0.1, -0.05) is 79.4 Å². The highest BCUT2D eigenvalue weighted by atomic mass is 32.2. The molecule has 2 bridgehead atoms. The van der Waals surface area contributed by atoms with Gasteiger partial charge in [0.15, 0.2) is 4.90 Å². The largest absolute Gasteiger partial charge is 0.478 e. The van der Waals surface area contributed by atoms with Crippen molar-refractivity contribution >= 4 is 33.9 Å². The van der Waals surface area contributed by atoms with Gasteiger partial charge in [0.05, 0.1) is 10.5 Å². The van der Waals surface area contributed by atoms with Crippen molar-refractivity contribution in [2.45, 2.75) is 36.7 Å². The van der Waals surface area contributed by atoms with E-state index in [-0.39, 0.29) is 82.4 Å². The minimum atomic E-state index is -4.53. The highest BCUT2D eigenvalue weighted by Crippen LogP contribution is 2.44. The normalized spacial score (nSPS) is 15.3. The summed E-state index contributed by atoms with van der Waals surface area (Å²) in [5.41, 5.74) is 4.13. The summed E-state index contributed by atoms with van der Waals surface area (Å²) in [7, 11) is -4.53. The lowest BCUT2D eigenvalue weighted by molar-refractivity contribution is -0.387. The van der Waals surface area contributed by atoms with Crippen molar-refractivity contribution in [1.29, 1.82) is 0 Å². The molecule has 0 saturated heterocycles. The predicted molar refractivity (Wildman–Crippen MR) is 202 cm³/mol. The van der Waals surface area contributed by atoms with E-state index < -0.39 is 43.7 Å². The molecule has 0 atom stereocenters. The molecule has 0 saturated carbocycles. The number of carbonyl (C=O) groups is 3. The maximum absolute atomic E-state index is 14.1. The first-order valence-corrected chi connectivity index (χ1v) is 19.1. The number of carboxylic acids is 1. The van der Waals surface area contributed by atoms with Gasteiger partial charge in [0.1, 0.15) is 13.2 Å². The average Bonchev–Trinajstić information content (AvgIpc) is 3.50. The van der Waals surface area contributed by atoms with Crippen LogP contribution in [-0.4, -0.2) is 90.1 Å². The molecule has 1 aliphatic carbocycles. The van der Waals surface area contributed by atoms with Crippen molar-refractivity contribution in [1.82, 2.24) is 14.1 Å². The summed E-state index contributed by atoms with van der Waals surface area (Å²) in [6.45, 7) is 3.26. The van der Waals surface area contributed by atoms with Crippen LogP contribution in [-0.2, 0) is 32.6 Å². The number of para-hydroxylation sites is 1. The predicted octanol–water partition coefficient (Wildman–Crippen LogP) is 6.65. The van der Waals surface area contributed by atoms with Gasteiger partial charge in [0.2, 0.25) is 10.0 Å². The maximum atomic E-state index is 14.1. The van der Waals surface area contributed by atoms with E-state index in [9.17, 15) is 38.0 Å². The summed E-state index contributed by atoms with van der Waals surface area (Å²) in [6.07, 6.45) is 0.477. The standard InChI is InChI=1S/C40H40N4O10S/c1-2-21-53-39(47)41-17-9-19-42(40(48)54-27-35-33-13-5-3-11-31(33)32-12-4-6-14-34(32)35)25-28-22-29(24-30(23-28)38(45)46)26-43(20-10-18-41)55(51,52)37-16-8-7-15-36(37)44(49)50/h2-8,11-16,22-24,35H,1,9-10,17-21,25-27H2,(H,45,46). The number of nitro benzene ring substituents is 1. The Kier molecular flexibility index (Phi) is 11.9. The highest BCUT2D eigenvalue weighted by Gasteiger charge is 2.33. The van der Waals surface area contributed by atoms with E-state index >= 15 is 0 Å². The van der Waals surface area contributed by atoms with E-state index in [1.54, 1.807) is 6.07 Å². The Bertz CT molecular complexity index is 2180. The van der Waals surface area contributed by atoms with Gasteiger partial charge < -0.3 is 24.4 Å². The number of ether oxygens (including phenoxy) is 2. The highest BCUT2D eigenvalue weighted by molar-refractivity contribution is 7.89. The Hall–Kier alpha value is -6.06. The zero-order valence-corrected chi connectivity index (χ0v) is 30.7. The number of benzene rings is 4. The zero-order chi connectivity index (χ0) is 39.1. The van der Waals surface area contributed by atoms with Crippen molar-refractivity contribution in [2.24, 2.45) is 0 Å². The van der Waals surface area contributed by atoms with Crippen molar-refractivity contribution in [2.75, 3.05) is 39.4 Å². The van der Waals surface area contributed by atoms with E-state index in [4.69, 9.17) is 9.47 Å². The van der Waals surface area contributed by atoms with Gasteiger partial charge in [-0.2, -0.15) is 4.31 Å². The number of carboxylic acid groups (broad SMARTS) is 1. The first-order chi connectivity index (χ1) is 26.5. The Morgan fingerprint density at radius 2 is 1.36 bits per heavy atom. The fourth-order valence-electron chi connectivity index (χ4n) is 7.07. The molecule has 55 heavy (non-hydrogen) atoms. The molecule has 1 aliphatic heterocycles. The van der Waals surface area contributed by atoms with Crippen LogP contribution in [0.2, 0.25) is 0 Å². The summed E-state index contributed by atoms with van der Waals surface area (Å²) in [5.74, 6) is -1.47. The SMILES string of the molecule is C=CCOC(=O)N1CCCN(C(=O)OCC2c3ccccc3-c3ccccc32)Cc2cc(cc(C(=O)O)c2)CN(S(=O)(=O)c2ccccc2[N+](=O)[O-])CCC1. The molecular formula is C40H40N4O10S. The molecular weight excluding hydrogens is 729 g/mol. The monoisotopic (exact) mass is 768 g/mol. The summed E-state index contributed by atoms with van der Waals surface area (Å²) >= 11 is 0. The second-order valence-corrected chi connectivity index (χ2v) is 15.1. The number of hydrogen-bond acceptors (Lipinski definition) is 9. The number of aromatic carboxylic acids is 1. The summed E-state index contributed by atoms with van der Waals surface area (Å²) in [5, 5.41) is 21.9. The third-order valence-electron chi connectivity index (χ3n) is 9.58. The third-order valence-corrected chi connectivity index (χ3v) is 11.5. The van der Waals surface area contributed by atoms with Crippen LogP contribution in [0.1, 0.15) is 51.4 Å². The minimum absolute atomic E-state index is 0.0439. The van der Waals surface area contributed by atoms with Gasteiger partial charge in [0, 0.05) is 51.3 Å². The average molecular weight is 769 g/mol. The van der Waals surface area contributed by atoms with E-state index in [0.717, 1.165) is 38.7 Å². The quantitative estimate of drug-likeness (QED) is 0.116. The van der Waals surface area contributed by atoms with Crippen molar-refractivity contribution in [3.05, 3.63) is 142 Å². The molecule has 2 amide bonds. The molecule has 2 aliphatic rings. The fraction of sp³-hybridized carbons (Fsp3) is 0.275. The molecule has 4 aromatic carbocycles. The molecule has 0 aromatic heterocycles. The lowest BCUT2D eigenvalue weighted by atomic mass is 9.98. The van der Waals surface area contributed by atoms with Crippen LogP contribution >= 0.6 is 0 Å². The minimum Gasteiger partial charge on any atom is -0.478 e. The molecule has 0 radical (unpaired) electrons. The van der Waals surface area contributed by atoms with Gasteiger partial charge >= 0.3 is 18.2 Å². The van der Waals surface area contributed by atoms with Crippen molar-refractivity contribution in [3.8, 4) is 11.1 Å². The van der Waals surface area contributed by atoms with Crippen LogP contribution in [0.4, 0.5) is 15.3 Å². The number of nitrogens with zero attached hydrogens (tertiary/aromatic N) is 4. The molecule has 6 rings (SSSR count). The van der Waals surface area contributed by atoms with Gasteiger partial charge in [-0.05, 0) is 64.4 Å². The summed E-state index contributed by atoms with van der Waals surface area (Å²) in [6, 6.07) is 25.2. The van der Waals surface area contributed by atoms with Crippen LogP contribution < -0.4 is 0 Å². The number of fused-ring (bicyclic) bond motifs is 5. The van der Waals surface area contributed by atoms with Crippen LogP contribution in [0, 0.1) is 10.1 Å². The van der Waals surface area contributed by atoms with E-state index in [1.165, 1.54) is 40.1 Å². The van der Waals surface area contributed by atoms with Crippen LogP contribution in [0.3, 0.4) is 0 Å². The van der Waals surface area contributed by atoms with Crippen LogP contribution in [0.5, 0.6) is 0 Å². The Labute approximate surface area is 318 Å². The Morgan fingerprint density at radius 1 is 0.800 bits per heavy atom. The number of sulfonamides is 1. The molecule has 0 spiro atoms. The molecule has 4 aromatic rings. The first-order valence-electron chi connectivity index (χ1n) is 17.7. The number of carbonyl (C=O) groups excluding carboxylic acids is 2. The molecule has 286 valence electrons. The second kappa shape index (κ2) is 17.0. The lowest BCUT2D eigenvalue weighted by Crippen LogP contribution is -2.39. The summed E-state index contributed by atoms with van der Waals surface area (Å²) in [4.78, 5) is 52.7. The molecule has 1 N–H and O–H groups in total. The third kappa shape index (κ3) is 8.68. The van der Waals surface area contributed by atoms with Gasteiger partial charge in [-0.15, -0.1) is 0 Å². The Morgan fingerprint density at radius 3 is 2.00 bits per heavy atom. The molecule has 14 nitrogen and oxygen atoms in total. The number of nitro groups is 1. The van der Waals surface area contributed by atoms with Gasteiger partial charge in [-0.3, -0.25) is 10.1 Å². The smallest absolute Gasteiger partial charge is 0.410 e. The van der Waals surface area contributed by atoms with Gasteiger partial charge in [0.25, 0.3) is 5.69 Å². The topological polar surface area (TPSA) is 177 Å². The molecule has 0 fully saturated rings. The second-order valence-electron chi connectivity index (χ2n) is 13.2. The van der Waals surface area contributed by atoms with Crippen molar-refractivity contribution < 1.29 is 42.3 Å². The number of hydrogen-bond donors (Lipinski definition) is 1. The van der Waals surface area contributed by atoms with E-state index in [1.807, 2.05) is 48.5 Å². The van der Waals surface area contributed by atoms with E-state index in [0.29, 0.717) is 5.56 Å². The van der Waals surface area contributed by atoms with E-state index in [2.05, 4.69) is 6.58 Å². The first kappa shape index (κ1) is 38.7. The zero-order valence-electron chi connectivity index (χ0n) is 29.9. The molecule has 0 unspecified atom stereocenters.